The highest BCUT2D eigenvalue weighted by Gasteiger charge is 2.68. The number of likely N-dealkylation sites (tertiary alicyclic amines) is 1. The number of aromatic nitrogens is 2. The molecule has 6 aromatic rings. The third-order valence-corrected chi connectivity index (χ3v) is 15.1. The predicted octanol–water partition coefficient (Wildman–Crippen LogP) is 8.61. The Balaban J connectivity index is 1.12. The molecule has 4 amide bonds. The Morgan fingerprint density at radius 2 is 1.76 bits per heavy atom. The monoisotopic (exact) mass is 786 g/mol. The Kier molecular flexibility index (Phi) is 7.63. The molecule has 3 aromatic heterocycles. The van der Waals surface area contributed by atoms with Crippen molar-refractivity contribution in [1.29, 1.82) is 0 Å². The van der Waals surface area contributed by atoms with Crippen LogP contribution >= 0.6 is 34.3 Å². The number of aromatic hydroxyl groups is 1. The molecule has 0 spiro atoms. The van der Waals surface area contributed by atoms with E-state index in [1.807, 2.05) is 86.0 Å². The van der Waals surface area contributed by atoms with Crippen LogP contribution in [-0.4, -0.2) is 43.4 Å². The zero-order valence-corrected chi connectivity index (χ0v) is 32.5. The molecule has 1 N–H and O–H groups in total. The number of carbonyl (C=O) groups is 4. The number of thiophene rings is 2. The van der Waals surface area contributed by atoms with E-state index in [2.05, 4.69) is 0 Å². The number of imide groups is 2. The molecule has 2 saturated heterocycles. The Hall–Kier alpha value is -5.10. The van der Waals surface area contributed by atoms with Gasteiger partial charge in [-0.1, -0.05) is 59.6 Å². The van der Waals surface area contributed by atoms with Gasteiger partial charge in [-0.2, -0.15) is 5.10 Å². The van der Waals surface area contributed by atoms with Gasteiger partial charge in [0, 0.05) is 39.2 Å². The van der Waals surface area contributed by atoms with Crippen molar-refractivity contribution < 1.29 is 24.3 Å². The molecule has 10 rings (SSSR count). The van der Waals surface area contributed by atoms with E-state index in [1.54, 1.807) is 35.2 Å². The minimum Gasteiger partial charge on any atom is -0.508 e. The molecule has 2 aliphatic carbocycles. The maximum absolute atomic E-state index is 15.3. The van der Waals surface area contributed by atoms with Crippen LogP contribution in [0.15, 0.2) is 89.8 Å². The standard InChI is InChI=1S/C43H35ClN4O5S2/c1-21-28-17-23(44)11-15-33(28)55-38(21)31-19-34(46(3)45-31)48-40(51)30-18-29-26(12-13-27-35(29)41(52)47(39(27)50)20-24-8-6-16-54-24)37(43(30,2)42(48)53)36-25-9-5-4-7-22(25)10-14-32(36)49/h4-12,14-17,19,27,29-30,35,37,49H,13,18,20H2,1-3H3. The molecule has 276 valence electrons. The molecule has 5 heterocycles. The first-order valence-electron chi connectivity index (χ1n) is 18.4. The molecular formula is C43H35ClN4O5S2. The van der Waals surface area contributed by atoms with E-state index in [1.165, 1.54) is 21.1 Å². The van der Waals surface area contributed by atoms with Gasteiger partial charge in [-0.3, -0.25) is 28.8 Å². The third-order valence-electron chi connectivity index (χ3n) is 12.7. The molecule has 9 nitrogen and oxygen atoms in total. The minimum atomic E-state index is -1.33. The smallest absolute Gasteiger partial charge is 0.242 e. The molecule has 55 heavy (non-hydrogen) atoms. The normalized spacial score (nSPS) is 26.3. The molecule has 4 aliphatic rings. The van der Waals surface area contributed by atoms with Gasteiger partial charge in [0.2, 0.25) is 23.6 Å². The van der Waals surface area contributed by atoms with Gasteiger partial charge in [0.1, 0.15) is 17.3 Å². The highest BCUT2D eigenvalue weighted by molar-refractivity contribution is 7.22. The number of hydrogen-bond acceptors (Lipinski definition) is 8. The van der Waals surface area contributed by atoms with Crippen molar-refractivity contribution in [3.63, 3.8) is 0 Å². The van der Waals surface area contributed by atoms with Crippen molar-refractivity contribution >= 4 is 84.6 Å². The van der Waals surface area contributed by atoms with Gasteiger partial charge in [-0.05, 0) is 90.0 Å². The number of aryl methyl sites for hydroxylation is 2. The van der Waals surface area contributed by atoms with Crippen molar-refractivity contribution in [3.05, 3.63) is 111 Å². The van der Waals surface area contributed by atoms with Gasteiger partial charge in [0.05, 0.1) is 34.6 Å². The molecule has 6 atom stereocenters. The average molecular weight is 787 g/mol. The number of phenolic OH excluding ortho intramolecular Hbond substituents is 1. The summed E-state index contributed by atoms with van der Waals surface area (Å²) in [6.07, 6.45) is 2.58. The number of benzene rings is 3. The van der Waals surface area contributed by atoms with Gasteiger partial charge >= 0.3 is 0 Å². The number of anilines is 1. The zero-order valence-electron chi connectivity index (χ0n) is 30.2. The van der Waals surface area contributed by atoms with E-state index in [-0.39, 0.29) is 42.3 Å². The van der Waals surface area contributed by atoms with Crippen molar-refractivity contribution in [1.82, 2.24) is 14.7 Å². The maximum Gasteiger partial charge on any atom is 0.242 e. The number of fused-ring (bicyclic) bond motifs is 6. The van der Waals surface area contributed by atoms with Crippen LogP contribution in [0.2, 0.25) is 5.02 Å². The molecule has 1 saturated carbocycles. The molecule has 0 radical (unpaired) electrons. The van der Waals surface area contributed by atoms with Crippen LogP contribution < -0.4 is 4.90 Å². The molecule has 3 aromatic carbocycles. The molecule has 12 heteroatoms. The summed E-state index contributed by atoms with van der Waals surface area (Å²) in [5, 5.41) is 21.8. The summed E-state index contributed by atoms with van der Waals surface area (Å²) in [6, 6.07) is 22.6. The van der Waals surface area contributed by atoms with Crippen molar-refractivity contribution in [2.75, 3.05) is 4.90 Å². The Labute approximate surface area is 329 Å². The van der Waals surface area contributed by atoms with Crippen LogP contribution in [0.3, 0.4) is 0 Å². The third kappa shape index (κ3) is 4.79. The number of allylic oxidation sites excluding steroid dienone is 2. The number of hydrogen-bond donors (Lipinski definition) is 1. The maximum atomic E-state index is 15.3. The second kappa shape index (κ2) is 12.2. The summed E-state index contributed by atoms with van der Waals surface area (Å²) in [5.41, 5.74) is 1.70. The van der Waals surface area contributed by atoms with Crippen LogP contribution in [0.5, 0.6) is 5.75 Å². The lowest BCUT2D eigenvalue weighted by atomic mass is 9.51. The molecular weight excluding hydrogens is 752 g/mol. The van der Waals surface area contributed by atoms with E-state index < -0.39 is 35.0 Å². The lowest BCUT2D eigenvalue weighted by molar-refractivity contribution is -0.141. The fraction of sp³-hybridized carbons (Fsp3) is 0.279. The Bertz CT molecular complexity index is 2700. The van der Waals surface area contributed by atoms with Gasteiger partial charge in [0.25, 0.3) is 0 Å². The van der Waals surface area contributed by atoms with E-state index >= 15 is 9.59 Å². The van der Waals surface area contributed by atoms with Crippen LogP contribution in [0.4, 0.5) is 5.82 Å². The van der Waals surface area contributed by atoms with Crippen molar-refractivity contribution in [2.24, 2.45) is 36.1 Å². The molecule has 6 unspecified atom stereocenters. The highest BCUT2D eigenvalue weighted by atomic mass is 35.5. The number of halogens is 1. The lowest BCUT2D eigenvalue weighted by Crippen LogP contribution is -2.49. The van der Waals surface area contributed by atoms with Crippen LogP contribution in [0.1, 0.15) is 41.7 Å². The summed E-state index contributed by atoms with van der Waals surface area (Å²) < 4.78 is 2.63. The summed E-state index contributed by atoms with van der Waals surface area (Å²) in [6.45, 7) is 4.06. The quantitative estimate of drug-likeness (QED) is 0.138. The first-order chi connectivity index (χ1) is 26.5. The van der Waals surface area contributed by atoms with E-state index in [0.29, 0.717) is 28.5 Å². The summed E-state index contributed by atoms with van der Waals surface area (Å²) in [5.74, 6) is -4.16. The van der Waals surface area contributed by atoms with Crippen molar-refractivity contribution in [2.45, 2.75) is 39.2 Å². The second-order valence-electron chi connectivity index (χ2n) is 15.4. The summed E-state index contributed by atoms with van der Waals surface area (Å²) >= 11 is 9.41. The zero-order chi connectivity index (χ0) is 38.1. The Morgan fingerprint density at radius 1 is 0.945 bits per heavy atom. The lowest BCUT2D eigenvalue weighted by Gasteiger charge is -2.49. The highest BCUT2D eigenvalue weighted by Crippen LogP contribution is 2.65. The number of rotatable bonds is 5. The average Bonchev–Trinajstić information content (AvgIpc) is 3.98. The first kappa shape index (κ1) is 34.4. The topological polar surface area (TPSA) is 113 Å². The van der Waals surface area contributed by atoms with E-state index in [0.717, 1.165) is 41.7 Å². The van der Waals surface area contributed by atoms with Crippen molar-refractivity contribution in [3.8, 4) is 16.3 Å². The summed E-state index contributed by atoms with van der Waals surface area (Å²) in [7, 11) is 1.73. The fourth-order valence-corrected chi connectivity index (χ4v) is 12.1. The molecule has 3 fully saturated rings. The SMILES string of the molecule is Cc1c(-c2cc(N3C(=O)C4CC5C(=CCC6C(=O)N(Cc7cccs7)C(=O)C65)C(c5c(O)ccc6ccccc56)C4(C)C3=O)n(C)n2)sc2ccc(Cl)cc12. The predicted molar refractivity (Wildman–Crippen MR) is 214 cm³/mol. The van der Waals surface area contributed by atoms with Crippen LogP contribution in [0, 0.1) is 36.0 Å². The number of carbonyl (C=O) groups excluding carboxylic acids is 4. The van der Waals surface area contributed by atoms with E-state index in [9.17, 15) is 14.7 Å². The van der Waals surface area contributed by atoms with Crippen LogP contribution in [-0.2, 0) is 32.8 Å². The molecule has 2 aliphatic heterocycles. The van der Waals surface area contributed by atoms with Gasteiger partial charge in [0.15, 0.2) is 0 Å². The Morgan fingerprint density at radius 3 is 2.56 bits per heavy atom. The van der Waals surface area contributed by atoms with Gasteiger partial charge in [-0.15, -0.1) is 22.7 Å². The summed E-state index contributed by atoms with van der Waals surface area (Å²) in [4.78, 5) is 63.1. The van der Waals surface area contributed by atoms with Gasteiger partial charge in [-0.25, -0.2) is 4.90 Å². The second-order valence-corrected chi connectivity index (χ2v) is 18.0. The van der Waals surface area contributed by atoms with E-state index in [4.69, 9.17) is 16.7 Å². The van der Waals surface area contributed by atoms with Gasteiger partial charge < -0.3 is 5.11 Å². The number of amides is 4. The largest absolute Gasteiger partial charge is 0.508 e. The first-order valence-corrected chi connectivity index (χ1v) is 20.4. The minimum absolute atomic E-state index is 0.0161. The fourth-order valence-electron chi connectivity index (χ4n) is 10.1. The van der Waals surface area contributed by atoms with Crippen LogP contribution in [0.25, 0.3) is 31.4 Å². The number of phenols is 1. The molecule has 0 bridgehead atoms. The number of nitrogens with zero attached hydrogens (tertiary/aromatic N) is 4.